The minimum absolute atomic E-state index is 0.0903. The van der Waals surface area contributed by atoms with Crippen molar-refractivity contribution in [1.82, 2.24) is 10.4 Å². The van der Waals surface area contributed by atoms with E-state index < -0.39 is 63.1 Å². The average molecular weight is 444 g/mol. The van der Waals surface area contributed by atoms with Gasteiger partial charge in [0.2, 0.25) is 5.91 Å². The quantitative estimate of drug-likeness (QED) is 0.0863. The second kappa shape index (κ2) is 14.0. The van der Waals surface area contributed by atoms with Gasteiger partial charge < -0.3 is 25.5 Å². The van der Waals surface area contributed by atoms with Crippen LogP contribution in [0.3, 0.4) is 0 Å². The number of carbonyl (C=O) groups excluding carboxylic acids is 1. The first kappa shape index (κ1) is 26.9. The molecule has 0 saturated carbocycles. The maximum absolute atomic E-state index is 11.9. The highest BCUT2D eigenvalue weighted by Crippen LogP contribution is 2.38. The summed E-state index contributed by atoms with van der Waals surface area (Å²) in [5, 5.41) is 38.9. The molecule has 1 unspecified atom stereocenters. The van der Waals surface area contributed by atoms with Crippen LogP contribution >= 0.6 is 7.75 Å². The van der Waals surface area contributed by atoms with Crippen molar-refractivity contribution in [3.8, 4) is 0 Å². The molecule has 0 saturated heterocycles. The smallest absolute Gasteiger partial charge is 0.403 e. The molecule has 0 aliphatic heterocycles. The van der Waals surface area contributed by atoms with Crippen LogP contribution in [0.15, 0.2) is 0 Å². The van der Waals surface area contributed by atoms with Crippen LogP contribution in [0, 0.1) is 0 Å². The third-order valence-corrected chi connectivity index (χ3v) is 4.60. The number of carbonyl (C=O) groups is 4. The number of hydrogen-bond donors (Lipinski definition) is 7. The topological polar surface area (TPSA) is 229 Å². The number of hydrogen-bond acceptors (Lipinski definition) is 8. The van der Waals surface area contributed by atoms with E-state index in [-0.39, 0.29) is 32.3 Å². The molecular weight excluding hydrogens is 419 g/mol. The molecule has 0 fully saturated rings. The Hall–Kier alpha value is -2.09. The summed E-state index contributed by atoms with van der Waals surface area (Å²) in [6, 6.07) is -2.47. The van der Waals surface area contributed by atoms with Crippen molar-refractivity contribution >= 4 is 31.6 Å². The minimum Gasteiger partial charge on any atom is -0.481 e. The number of aliphatic carboxylic acids is 3. The standard InChI is InChI=1S/C14H25N2O12P/c17-11(2-1-3-12(18)19)15-9(8-27-24)6-7-28-29(25,26)16-10(14(22)23)4-5-13(20)21/h9-10,24H,1-8H2,(H,15,17)(H,18,19)(H,20,21)(H,22,23)(H2,16,25,26)/t9-,10-/m0/s1. The fourth-order valence-electron chi connectivity index (χ4n) is 2.05. The molecule has 7 N–H and O–H groups in total. The Labute approximate surface area is 165 Å². The lowest BCUT2D eigenvalue weighted by molar-refractivity contribution is -0.246. The summed E-state index contributed by atoms with van der Waals surface area (Å²) < 4.78 is 16.6. The van der Waals surface area contributed by atoms with Crippen LogP contribution in [0.2, 0.25) is 0 Å². The van der Waals surface area contributed by atoms with E-state index in [1.54, 1.807) is 0 Å². The van der Waals surface area contributed by atoms with Gasteiger partial charge in [-0.1, -0.05) is 0 Å². The maximum atomic E-state index is 11.9. The molecule has 1 amide bonds. The molecule has 0 heterocycles. The molecular formula is C14H25N2O12P. The van der Waals surface area contributed by atoms with Crippen molar-refractivity contribution in [2.45, 2.75) is 50.6 Å². The van der Waals surface area contributed by atoms with E-state index in [2.05, 4.69) is 10.2 Å². The van der Waals surface area contributed by atoms with E-state index in [1.165, 1.54) is 0 Å². The Morgan fingerprint density at radius 3 is 2.10 bits per heavy atom. The maximum Gasteiger partial charge on any atom is 0.403 e. The highest BCUT2D eigenvalue weighted by atomic mass is 31.2. The Bertz CT molecular complexity index is 613. The lowest BCUT2D eigenvalue weighted by Crippen LogP contribution is -2.39. The predicted molar refractivity (Wildman–Crippen MR) is 93.8 cm³/mol. The van der Waals surface area contributed by atoms with E-state index in [1.807, 2.05) is 5.09 Å². The first-order chi connectivity index (χ1) is 13.5. The molecule has 168 valence electrons. The van der Waals surface area contributed by atoms with Crippen molar-refractivity contribution in [2.75, 3.05) is 13.2 Å². The average Bonchev–Trinajstić information content (AvgIpc) is 2.57. The van der Waals surface area contributed by atoms with Crippen LogP contribution in [0.1, 0.15) is 38.5 Å². The van der Waals surface area contributed by atoms with Gasteiger partial charge in [0, 0.05) is 19.3 Å². The molecule has 0 aromatic heterocycles. The van der Waals surface area contributed by atoms with E-state index in [0.717, 1.165) is 0 Å². The first-order valence-corrected chi connectivity index (χ1v) is 10.0. The van der Waals surface area contributed by atoms with Gasteiger partial charge in [-0.25, -0.2) is 14.5 Å². The summed E-state index contributed by atoms with van der Waals surface area (Å²) >= 11 is 0. The van der Waals surface area contributed by atoms with Gasteiger partial charge in [0.05, 0.1) is 12.6 Å². The molecule has 0 radical (unpaired) electrons. The van der Waals surface area contributed by atoms with Crippen LogP contribution in [-0.4, -0.2) is 74.6 Å². The van der Waals surface area contributed by atoms with Gasteiger partial charge >= 0.3 is 25.7 Å². The van der Waals surface area contributed by atoms with Gasteiger partial charge in [0.15, 0.2) is 0 Å². The van der Waals surface area contributed by atoms with E-state index in [9.17, 15) is 28.6 Å². The molecule has 0 rings (SSSR count). The summed E-state index contributed by atoms with van der Waals surface area (Å²) in [4.78, 5) is 57.3. The van der Waals surface area contributed by atoms with Gasteiger partial charge in [-0.05, 0) is 19.3 Å². The van der Waals surface area contributed by atoms with Crippen molar-refractivity contribution in [3.05, 3.63) is 0 Å². The van der Waals surface area contributed by atoms with Crippen LogP contribution in [0.5, 0.6) is 0 Å². The number of amides is 1. The number of carboxylic acid groups (broad SMARTS) is 3. The lowest BCUT2D eigenvalue weighted by atomic mass is 10.2. The second-order valence-corrected chi connectivity index (χ2v) is 7.46. The fraction of sp³-hybridized carbons (Fsp3) is 0.714. The summed E-state index contributed by atoms with van der Waals surface area (Å²) in [5.41, 5.74) is 0. The molecule has 3 atom stereocenters. The third-order valence-electron chi connectivity index (χ3n) is 3.43. The van der Waals surface area contributed by atoms with Crippen molar-refractivity contribution in [2.24, 2.45) is 0 Å². The van der Waals surface area contributed by atoms with Crippen molar-refractivity contribution in [3.63, 3.8) is 0 Å². The van der Waals surface area contributed by atoms with Crippen LogP contribution in [0.4, 0.5) is 0 Å². The molecule has 0 bridgehead atoms. The Balaban J connectivity index is 4.52. The van der Waals surface area contributed by atoms with E-state index in [0.29, 0.717) is 0 Å². The molecule has 0 spiro atoms. The molecule has 15 heteroatoms. The Morgan fingerprint density at radius 1 is 0.966 bits per heavy atom. The highest BCUT2D eigenvalue weighted by molar-refractivity contribution is 7.50. The molecule has 0 aliphatic carbocycles. The van der Waals surface area contributed by atoms with Gasteiger partial charge in [0.1, 0.15) is 12.6 Å². The molecule has 0 aromatic carbocycles. The summed E-state index contributed by atoms with van der Waals surface area (Å²) in [5.74, 6) is -4.41. The third kappa shape index (κ3) is 14.5. The zero-order valence-electron chi connectivity index (χ0n) is 15.4. The predicted octanol–water partition coefficient (Wildman–Crippen LogP) is -0.370. The summed E-state index contributed by atoms with van der Waals surface area (Å²) in [7, 11) is -4.61. The van der Waals surface area contributed by atoms with Gasteiger partial charge in [0.25, 0.3) is 0 Å². The van der Waals surface area contributed by atoms with Gasteiger partial charge in [-0.15, -0.1) is 0 Å². The van der Waals surface area contributed by atoms with E-state index in [4.69, 9.17) is 25.1 Å². The van der Waals surface area contributed by atoms with Crippen LogP contribution in [0.25, 0.3) is 0 Å². The number of nitrogens with one attached hydrogen (secondary N) is 2. The highest BCUT2D eigenvalue weighted by Gasteiger charge is 2.29. The van der Waals surface area contributed by atoms with E-state index >= 15 is 0 Å². The minimum atomic E-state index is -4.61. The van der Waals surface area contributed by atoms with Crippen molar-refractivity contribution in [1.29, 1.82) is 0 Å². The summed E-state index contributed by atoms with van der Waals surface area (Å²) in [6.07, 6.45) is -1.32. The van der Waals surface area contributed by atoms with Crippen LogP contribution < -0.4 is 10.4 Å². The van der Waals surface area contributed by atoms with Crippen molar-refractivity contribution < 1.29 is 58.6 Å². The summed E-state index contributed by atoms with van der Waals surface area (Å²) in [6.45, 7) is -0.830. The monoisotopic (exact) mass is 444 g/mol. The first-order valence-electron chi connectivity index (χ1n) is 8.44. The number of rotatable bonds is 17. The number of carboxylic acids is 3. The fourth-order valence-corrected chi connectivity index (χ4v) is 3.11. The Kier molecular flexibility index (Phi) is 13.0. The Morgan fingerprint density at radius 2 is 1.59 bits per heavy atom. The molecule has 14 nitrogen and oxygen atoms in total. The normalized spacial score (nSPS) is 15.1. The zero-order valence-corrected chi connectivity index (χ0v) is 16.2. The SMILES string of the molecule is O=C(O)CCCC(=O)N[C@@H](CCOP(=O)(O)N[C@@H](CCC(=O)O)C(=O)O)COO. The zero-order chi connectivity index (χ0) is 22.4. The van der Waals surface area contributed by atoms with Gasteiger partial charge in [-0.3, -0.25) is 29.0 Å². The molecule has 0 aliphatic rings. The van der Waals surface area contributed by atoms with Crippen LogP contribution in [-0.2, 0) is 33.2 Å². The molecule has 0 aromatic rings. The van der Waals surface area contributed by atoms with Gasteiger partial charge in [-0.2, -0.15) is 0 Å². The molecule has 29 heavy (non-hydrogen) atoms. The largest absolute Gasteiger partial charge is 0.481 e. The lowest BCUT2D eigenvalue weighted by Gasteiger charge is -2.20. The second-order valence-electron chi connectivity index (χ2n) is 5.90.